The first-order valence-electron chi connectivity index (χ1n) is 5.31. The summed E-state index contributed by atoms with van der Waals surface area (Å²) in [5, 5.41) is 8.87. The Bertz CT molecular complexity index is 391. The second kappa shape index (κ2) is 4.92. The standard InChI is InChI=1S/C11H17N3O2/c1-5-14(7(2)3)11-12-6-9(10(15)16)8(4)13-11/h6-7H,5H2,1-4H3,(H,15,16). The van der Waals surface area contributed by atoms with E-state index in [0.29, 0.717) is 17.7 Å². The third-order valence-electron chi connectivity index (χ3n) is 2.42. The van der Waals surface area contributed by atoms with Gasteiger partial charge in [-0.15, -0.1) is 0 Å². The molecule has 0 aliphatic heterocycles. The molecule has 1 N–H and O–H groups in total. The van der Waals surface area contributed by atoms with Gasteiger partial charge in [0.25, 0.3) is 0 Å². The van der Waals surface area contributed by atoms with Gasteiger partial charge in [0.05, 0.1) is 11.3 Å². The van der Waals surface area contributed by atoms with Crippen LogP contribution in [-0.2, 0) is 0 Å². The van der Waals surface area contributed by atoms with Crippen molar-refractivity contribution in [2.24, 2.45) is 0 Å². The highest BCUT2D eigenvalue weighted by Crippen LogP contribution is 2.13. The van der Waals surface area contributed by atoms with Crippen LogP contribution in [0.3, 0.4) is 0 Å². The zero-order chi connectivity index (χ0) is 12.3. The van der Waals surface area contributed by atoms with Crippen LogP contribution in [0, 0.1) is 6.92 Å². The molecule has 1 aromatic rings. The van der Waals surface area contributed by atoms with Crippen molar-refractivity contribution in [1.29, 1.82) is 0 Å². The Morgan fingerprint density at radius 3 is 2.56 bits per heavy atom. The summed E-state index contributed by atoms with van der Waals surface area (Å²) in [5.41, 5.74) is 0.653. The molecule has 1 aromatic heterocycles. The van der Waals surface area contributed by atoms with Gasteiger partial charge >= 0.3 is 5.97 Å². The van der Waals surface area contributed by atoms with Gasteiger partial charge in [-0.3, -0.25) is 0 Å². The Morgan fingerprint density at radius 2 is 2.19 bits per heavy atom. The number of hydrogen-bond donors (Lipinski definition) is 1. The molecule has 0 atom stereocenters. The summed E-state index contributed by atoms with van der Waals surface area (Å²) in [5.74, 6) is -0.406. The van der Waals surface area contributed by atoms with Crippen molar-refractivity contribution in [3.8, 4) is 0 Å². The normalized spacial score (nSPS) is 10.6. The number of nitrogens with zero attached hydrogens (tertiary/aromatic N) is 3. The van der Waals surface area contributed by atoms with Crippen LogP contribution in [0.15, 0.2) is 6.20 Å². The van der Waals surface area contributed by atoms with E-state index in [0.717, 1.165) is 6.54 Å². The molecule has 0 saturated carbocycles. The fourth-order valence-electron chi connectivity index (χ4n) is 1.54. The lowest BCUT2D eigenvalue weighted by atomic mass is 10.2. The van der Waals surface area contributed by atoms with E-state index >= 15 is 0 Å². The largest absolute Gasteiger partial charge is 0.478 e. The molecule has 0 bridgehead atoms. The number of carbonyl (C=O) groups is 1. The molecule has 0 radical (unpaired) electrons. The van der Waals surface area contributed by atoms with Crippen LogP contribution >= 0.6 is 0 Å². The number of aromatic carboxylic acids is 1. The van der Waals surface area contributed by atoms with E-state index in [4.69, 9.17) is 5.11 Å². The van der Waals surface area contributed by atoms with Crippen molar-refractivity contribution in [2.45, 2.75) is 33.7 Å². The lowest BCUT2D eigenvalue weighted by Crippen LogP contribution is -2.32. The van der Waals surface area contributed by atoms with Gasteiger partial charge in [-0.1, -0.05) is 0 Å². The molecule has 0 fully saturated rings. The summed E-state index contributed by atoms with van der Waals surface area (Å²) in [7, 11) is 0. The van der Waals surface area contributed by atoms with E-state index in [1.165, 1.54) is 6.20 Å². The monoisotopic (exact) mass is 223 g/mol. The van der Waals surface area contributed by atoms with E-state index in [1.54, 1.807) is 6.92 Å². The van der Waals surface area contributed by atoms with Gasteiger partial charge in [0.2, 0.25) is 5.95 Å². The van der Waals surface area contributed by atoms with E-state index in [1.807, 2.05) is 25.7 Å². The van der Waals surface area contributed by atoms with Crippen LogP contribution < -0.4 is 4.90 Å². The molecule has 0 aliphatic rings. The molecule has 88 valence electrons. The molecular formula is C11H17N3O2. The average Bonchev–Trinajstić information content (AvgIpc) is 2.17. The lowest BCUT2D eigenvalue weighted by molar-refractivity contribution is 0.0695. The SMILES string of the molecule is CCN(c1ncc(C(=O)O)c(C)n1)C(C)C. The Kier molecular flexibility index (Phi) is 3.82. The zero-order valence-electron chi connectivity index (χ0n) is 10.1. The lowest BCUT2D eigenvalue weighted by Gasteiger charge is -2.25. The molecule has 0 aliphatic carbocycles. The summed E-state index contributed by atoms with van der Waals surface area (Å²) in [4.78, 5) is 21.1. The van der Waals surface area contributed by atoms with Crippen LogP contribution in [0.4, 0.5) is 5.95 Å². The van der Waals surface area contributed by atoms with Gasteiger partial charge in [-0.2, -0.15) is 0 Å². The van der Waals surface area contributed by atoms with Crippen molar-refractivity contribution in [3.63, 3.8) is 0 Å². The molecule has 0 spiro atoms. The zero-order valence-corrected chi connectivity index (χ0v) is 10.1. The highest BCUT2D eigenvalue weighted by molar-refractivity contribution is 5.88. The molecule has 1 heterocycles. The molecule has 0 aromatic carbocycles. The molecular weight excluding hydrogens is 206 g/mol. The smallest absolute Gasteiger partial charge is 0.339 e. The van der Waals surface area contributed by atoms with Crippen LogP contribution in [0.2, 0.25) is 0 Å². The highest BCUT2D eigenvalue weighted by Gasteiger charge is 2.15. The number of aryl methyl sites for hydroxylation is 1. The maximum atomic E-state index is 10.8. The van der Waals surface area contributed by atoms with E-state index in [2.05, 4.69) is 9.97 Å². The van der Waals surface area contributed by atoms with Gasteiger partial charge in [0, 0.05) is 18.8 Å². The Morgan fingerprint density at radius 1 is 1.56 bits per heavy atom. The van der Waals surface area contributed by atoms with Crippen molar-refractivity contribution in [3.05, 3.63) is 17.5 Å². The minimum absolute atomic E-state index is 0.156. The van der Waals surface area contributed by atoms with Crippen LogP contribution in [0.1, 0.15) is 36.8 Å². The summed E-state index contributed by atoms with van der Waals surface area (Å²) >= 11 is 0. The second-order valence-electron chi connectivity index (χ2n) is 3.85. The molecule has 5 heteroatoms. The first-order chi connectivity index (χ1) is 7.47. The van der Waals surface area contributed by atoms with Crippen molar-refractivity contribution >= 4 is 11.9 Å². The Labute approximate surface area is 95.1 Å². The number of carboxylic acids is 1. The van der Waals surface area contributed by atoms with Crippen molar-refractivity contribution in [2.75, 3.05) is 11.4 Å². The van der Waals surface area contributed by atoms with Gasteiger partial charge in [0.15, 0.2) is 0 Å². The topological polar surface area (TPSA) is 66.3 Å². The number of rotatable bonds is 4. The fourth-order valence-corrected chi connectivity index (χ4v) is 1.54. The molecule has 0 saturated heterocycles. The van der Waals surface area contributed by atoms with Crippen molar-refractivity contribution < 1.29 is 9.90 Å². The first kappa shape index (κ1) is 12.4. The van der Waals surface area contributed by atoms with Crippen LogP contribution in [-0.4, -0.2) is 33.6 Å². The molecule has 1 rings (SSSR count). The fraction of sp³-hybridized carbons (Fsp3) is 0.545. The minimum atomic E-state index is -0.989. The number of anilines is 1. The molecule has 16 heavy (non-hydrogen) atoms. The number of hydrogen-bond acceptors (Lipinski definition) is 4. The predicted molar refractivity (Wildman–Crippen MR) is 61.9 cm³/mol. The van der Waals surface area contributed by atoms with Gasteiger partial charge in [0.1, 0.15) is 0 Å². The second-order valence-corrected chi connectivity index (χ2v) is 3.85. The van der Waals surface area contributed by atoms with E-state index < -0.39 is 5.97 Å². The highest BCUT2D eigenvalue weighted by atomic mass is 16.4. The predicted octanol–water partition coefficient (Wildman–Crippen LogP) is 1.72. The summed E-state index contributed by atoms with van der Waals surface area (Å²) < 4.78 is 0. The van der Waals surface area contributed by atoms with Crippen LogP contribution in [0.25, 0.3) is 0 Å². The number of aromatic nitrogens is 2. The van der Waals surface area contributed by atoms with E-state index in [-0.39, 0.29) is 5.56 Å². The van der Waals surface area contributed by atoms with E-state index in [9.17, 15) is 4.79 Å². The summed E-state index contributed by atoms with van der Waals surface area (Å²) in [6, 6.07) is 0.292. The van der Waals surface area contributed by atoms with Gasteiger partial charge < -0.3 is 10.0 Å². The molecule has 5 nitrogen and oxygen atoms in total. The Hall–Kier alpha value is -1.65. The third-order valence-corrected chi connectivity index (χ3v) is 2.42. The van der Waals surface area contributed by atoms with Gasteiger partial charge in [-0.05, 0) is 27.7 Å². The maximum absolute atomic E-state index is 10.8. The maximum Gasteiger partial charge on any atom is 0.339 e. The quantitative estimate of drug-likeness (QED) is 0.841. The average molecular weight is 223 g/mol. The first-order valence-corrected chi connectivity index (χ1v) is 5.31. The third kappa shape index (κ3) is 2.48. The van der Waals surface area contributed by atoms with Crippen LogP contribution in [0.5, 0.6) is 0 Å². The molecule has 0 amide bonds. The van der Waals surface area contributed by atoms with Gasteiger partial charge in [-0.25, -0.2) is 14.8 Å². The summed E-state index contributed by atoms with van der Waals surface area (Å²) in [6.07, 6.45) is 1.37. The minimum Gasteiger partial charge on any atom is -0.478 e. The Balaban J connectivity index is 3.09. The number of carboxylic acid groups (broad SMARTS) is 1. The summed E-state index contributed by atoms with van der Waals surface area (Å²) in [6.45, 7) is 8.59. The molecule has 0 unspecified atom stereocenters. The van der Waals surface area contributed by atoms with Crippen molar-refractivity contribution in [1.82, 2.24) is 9.97 Å².